The average Bonchev–Trinajstić information content (AvgIpc) is 3.13. The Balaban J connectivity index is 1.61. The molecule has 0 aliphatic carbocycles. The molecule has 140 valence electrons. The molecule has 0 saturated carbocycles. The van der Waals surface area contributed by atoms with Gasteiger partial charge in [0.1, 0.15) is 5.75 Å². The molecule has 3 aromatic rings. The van der Waals surface area contributed by atoms with Gasteiger partial charge in [-0.25, -0.2) is 4.98 Å². The Kier molecular flexibility index (Phi) is 6.60. The van der Waals surface area contributed by atoms with E-state index in [1.165, 1.54) is 11.1 Å². The summed E-state index contributed by atoms with van der Waals surface area (Å²) in [5, 5.41) is 7.12. The van der Waals surface area contributed by atoms with Crippen LogP contribution < -0.4 is 10.2 Å². The SMILES string of the molecule is CCCCOc1cccc(/C=N\Nc2nc(-c3ccc(C)c(C)c3)cs2)c1. The molecule has 27 heavy (non-hydrogen) atoms. The van der Waals surface area contributed by atoms with E-state index in [1.807, 2.05) is 29.6 Å². The molecular formula is C22H25N3OS. The molecule has 0 bridgehead atoms. The van der Waals surface area contributed by atoms with E-state index in [2.05, 4.69) is 54.5 Å². The standard InChI is InChI=1S/C22H25N3OS/c1-4-5-11-26-20-8-6-7-18(13-20)14-23-25-22-24-21(15-27-22)19-10-9-16(2)17(3)12-19/h6-10,12-15H,4-5,11H2,1-3H3,(H,24,25)/b23-14-. The van der Waals surface area contributed by atoms with E-state index in [4.69, 9.17) is 4.74 Å². The summed E-state index contributed by atoms with van der Waals surface area (Å²) in [4.78, 5) is 4.62. The van der Waals surface area contributed by atoms with Gasteiger partial charge in [-0.2, -0.15) is 5.10 Å². The molecule has 5 heteroatoms. The zero-order valence-corrected chi connectivity index (χ0v) is 16.8. The molecule has 1 aromatic heterocycles. The Morgan fingerprint density at radius 1 is 1.15 bits per heavy atom. The zero-order valence-electron chi connectivity index (χ0n) is 16.0. The molecule has 0 atom stereocenters. The number of nitrogens with zero attached hydrogens (tertiary/aromatic N) is 2. The molecule has 0 saturated heterocycles. The second kappa shape index (κ2) is 9.33. The van der Waals surface area contributed by atoms with Crippen LogP contribution in [0.15, 0.2) is 52.9 Å². The molecule has 0 amide bonds. The van der Waals surface area contributed by atoms with Crippen molar-refractivity contribution < 1.29 is 4.74 Å². The van der Waals surface area contributed by atoms with Gasteiger partial charge in [0, 0.05) is 10.9 Å². The maximum absolute atomic E-state index is 5.73. The van der Waals surface area contributed by atoms with Crippen molar-refractivity contribution in [3.8, 4) is 17.0 Å². The summed E-state index contributed by atoms with van der Waals surface area (Å²) in [5.41, 5.74) is 8.66. The van der Waals surface area contributed by atoms with E-state index in [0.29, 0.717) is 0 Å². The van der Waals surface area contributed by atoms with Gasteiger partial charge in [0.15, 0.2) is 0 Å². The van der Waals surface area contributed by atoms with Crippen LogP contribution in [0.25, 0.3) is 11.3 Å². The quantitative estimate of drug-likeness (QED) is 0.294. The van der Waals surface area contributed by atoms with Crippen LogP contribution in [0, 0.1) is 13.8 Å². The van der Waals surface area contributed by atoms with Gasteiger partial charge in [-0.15, -0.1) is 11.3 Å². The van der Waals surface area contributed by atoms with Crippen molar-refractivity contribution in [2.75, 3.05) is 12.0 Å². The molecule has 1 heterocycles. The van der Waals surface area contributed by atoms with Gasteiger partial charge in [0.25, 0.3) is 0 Å². The molecule has 2 aromatic carbocycles. The highest BCUT2D eigenvalue weighted by Gasteiger charge is 2.05. The number of hydrogen-bond donors (Lipinski definition) is 1. The van der Waals surface area contributed by atoms with E-state index < -0.39 is 0 Å². The molecule has 0 aliphatic heterocycles. The molecule has 1 N–H and O–H groups in total. The number of aromatic nitrogens is 1. The van der Waals surface area contributed by atoms with E-state index in [1.54, 1.807) is 17.6 Å². The monoisotopic (exact) mass is 379 g/mol. The topological polar surface area (TPSA) is 46.5 Å². The molecule has 4 nitrogen and oxygen atoms in total. The smallest absolute Gasteiger partial charge is 0.203 e. The summed E-state index contributed by atoms with van der Waals surface area (Å²) < 4.78 is 5.73. The van der Waals surface area contributed by atoms with Gasteiger partial charge in [-0.1, -0.05) is 37.6 Å². The van der Waals surface area contributed by atoms with Crippen LogP contribution in [-0.2, 0) is 0 Å². The van der Waals surface area contributed by atoms with Crippen molar-refractivity contribution in [3.05, 3.63) is 64.5 Å². The molecule has 0 fully saturated rings. The largest absolute Gasteiger partial charge is 0.494 e. The van der Waals surface area contributed by atoms with Crippen LogP contribution in [0.5, 0.6) is 5.75 Å². The van der Waals surface area contributed by atoms with Gasteiger partial charge in [0.05, 0.1) is 18.5 Å². The number of aryl methyl sites for hydroxylation is 2. The van der Waals surface area contributed by atoms with Crippen molar-refractivity contribution in [2.45, 2.75) is 33.6 Å². The minimum absolute atomic E-state index is 0.746. The van der Waals surface area contributed by atoms with E-state index in [9.17, 15) is 0 Å². The second-order valence-corrected chi connectivity index (χ2v) is 7.34. The number of ether oxygens (including phenoxy) is 1. The number of rotatable bonds is 8. The first-order valence-corrected chi connectivity index (χ1v) is 10.1. The summed E-state index contributed by atoms with van der Waals surface area (Å²) in [5.74, 6) is 0.874. The second-order valence-electron chi connectivity index (χ2n) is 6.48. The highest BCUT2D eigenvalue weighted by molar-refractivity contribution is 7.14. The predicted molar refractivity (Wildman–Crippen MR) is 115 cm³/mol. The average molecular weight is 380 g/mol. The lowest BCUT2D eigenvalue weighted by atomic mass is 10.1. The fourth-order valence-corrected chi connectivity index (χ4v) is 3.21. The van der Waals surface area contributed by atoms with Crippen molar-refractivity contribution in [1.29, 1.82) is 0 Å². The lowest BCUT2D eigenvalue weighted by Gasteiger charge is -2.05. The Morgan fingerprint density at radius 3 is 2.85 bits per heavy atom. The third-order valence-electron chi connectivity index (χ3n) is 4.31. The molecule has 0 aliphatic rings. The summed E-state index contributed by atoms with van der Waals surface area (Å²) in [6, 6.07) is 14.3. The number of thiazole rings is 1. The van der Waals surface area contributed by atoms with Gasteiger partial charge in [0.2, 0.25) is 5.13 Å². The Morgan fingerprint density at radius 2 is 2.04 bits per heavy atom. The summed E-state index contributed by atoms with van der Waals surface area (Å²) in [6.45, 7) is 7.14. The molecule has 0 unspecified atom stereocenters. The first-order valence-electron chi connectivity index (χ1n) is 9.21. The van der Waals surface area contributed by atoms with Crippen molar-refractivity contribution in [1.82, 2.24) is 4.98 Å². The van der Waals surface area contributed by atoms with Crippen molar-refractivity contribution in [2.24, 2.45) is 5.10 Å². The lowest BCUT2D eigenvalue weighted by molar-refractivity contribution is 0.309. The van der Waals surface area contributed by atoms with E-state index in [0.717, 1.165) is 47.2 Å². The Hall–Kier alpha value is -2.66. The summed E-state index contributed by atoms with van der Waals surface area (Å²) in [7, 11) is 0. The highest BCUT2D eigenvalue weighted by atomic mass is 32.1. The van der Waals surface area contributed by atoms with Gasteiger partial charge in [-0.05, 0) is 55.2 Å². The minimum atomic E-state index is 0.746. The van der Waals surface area contributed by atoms with Gasteiger partial charge < -0.3 is 4.74 Å². The van der Waals surface area contributed by atoms with Crippen molar-refractivity contribution >= 4 is 22.7 Å². The van der Waals surface area contributed by atoms with Crippen LogP contribution in [0.4, 0.5) is 5.13 Å². The van der Waals surface area contributed by atoms with Crippen LogP contribution in [-0.4, -0.2) is 17.8 Å². The third-order valence-corrected chi connectivity index (χ3v) is 5.05. The molecular weight excluding hydrogens is 354 g/mol. The summed E-state index contributed by atoms with van der Waals surface area (Å²) >= 11 is 1.55. The van der Waals surface area contributed by atoms with Gasteiger partial charge >= 0.3 is 0 Å². The first kappa shape index (κ1) is 19.1. The van der Waals surface area contributed by atoms with Crippen LogP contribution in [0.1, 0.15) is 36.5 Å². The Labute approximate surface area is 164 Å². The van der Waals surface area contributed by atoms with E-state index >= 15 is 0 Å². The fourth-order valence-electron chi connectivity index (χ4n) is 2.54. The van der Waals surface area contributed by atoms with E-state index in [-0.39, 0.29) is 0 Å². The summed E-state index contributed by atoms with van der Waals surface area (Å²) in [6.07, 6.45) is 3.97. The van der Waals surface area contributed by atoms with Gasteiger partial charge in [-0.3, -0.25) is 5.43 Å². The maximum atomic E-state index is 5.73. The molecule has 0 radical (unpaired) electrons. The van der Waals surface area contributed by atoms with Crippen LogP contribution in [0.2, 0.25) is 0 Å². The number of benzene rings is 2. The van der Waals surface area contributed by atoms with Crippen LogP contribution >= 0.6 is 11.3 Å². The number of nitrogens with one attached hydrogen (secondary N) is 1. The highest BCUT2D eigenvalue weighted by Crippen LogP contribution is 2.26. The fraction of sp³-hybridized carbons (Fsp3) is 0.273. The molecule has 0 spiro atoms. The number of hydrazone groups is 1. The first-order chi connectivity index (χ1) is 13.2. The third kappa shape index (κ3) is 5.41. The maximum Gasteiger partial charge on any atom is 0.203 e. The molecule has 3 rings (SSSR count). The van der Waals surface area contributed by atoms with Crippen molar-refractivity contribution in [3.63, 3.8) is 0 Å². The number of hydrogen-bond acceptors (Lipinski definition) is 5. The lowest BCUT2D eigenvalue weighted by Crippen LogP contribution is -1.97. The van der Waals surface area contributed by atoms with Crippen LogP contribution in [0.3, 0.4) is 0 Å². The minimum Gasteiger partial charge on any atom is -0.494 e. The zero-order chi connectivity index (χ0) is 19.1. The Bertz CT molecular complexity index is 917. The normalized spacial score (nSPS) is 11.1. The number of unbranched alkanes of at least 4 members (excludes halogenated alkanes) is 1. The predicted octanol–water partition coefficient (Wildman–Crippen LogP) is 6.05. The number of anilines is 1.